The summed E-state index contributed by atoms with van der Waals surface area (Å²) in [5, 5.41) is 4.42. The predicted molar refractivity (Wildman–Crippen MR) is 121 cm³/mol. The molecule has 1 aromatic heterocycles. The van der Waals surface area contributed by atoms with Crippen LogP contribution in [0.3, 0.4) is 0 Å². The number of aromatic nitrogens is 2. The van der Waals surface area contributed by atoms with Crippen molar-refractivity contribution >= 4 is 6.09 Å². The van der Waals surface area contributed by atoms with Gasteiger partial charge in [-0.1, -0.05) is 25.3 Å². The molecule has 2 saturated carbocycles. The monoisotopic (exact) mass is 425 g/mol. The minimum Gasteiger partial charge on any atom is -0.490 e. The van der Waals surface area contributed by atoms with Crippen molar-refractivity contribution in [3.63, 3.8) is 0 Å². The average molecular weight is 426 g/mol. The second-order valence-electron chi connectivity index (χ2n) is 9.09. The number of carbonyl (C=O) groups excluding carboxylic acids is 1. The highest BCUT2D eigenvalue weighted by Gasteiger charge is 2.25. The van der Waals surface area contributed by atoms with Gasteiger partial charge in [0, 0.05) is 25.7 Å². The number of aryl methyl sites for hydroxylation is 2. The van der Waals surface area contributed by atoms with E-state index in [2.05, 4.69) is 30.2 Å². The van der Waals surface area contributed by atoms with Gasteiger partial charge >= 0.3 is 6.09 Å². The molecule has 1 amide bonds. The zero-order valence-corrected chi connectivity index (χ0v) is 19.1. The number of amides is 1. The zero-order valence-electron chi connectivity index (χ0n) is 19.1. The molecule has 1 aromatic carbocycles. The van der Waals surface area contributed by atoms with Crippen molar-refractivity contribution in [1.29, 1.82) is 0 Å². The summed E-state index contributed by atoms with van der Waals surface area (Å²) in [5.41, 5.74) is 4.08. The smallest absolute Gasteiger partial charge is 0.410 e. The average Bonchev–Trinajstić information content (AvgIpc) is 3.44. The molecule has 1 heterocycles. The Labute approximate surface area is 185 Å². The van der Waals surface area contributed by atoms with E-state index in [9.17, 15) is 4.79 Å². The highest BCUT2D eigenvalue weighted by Crippen LogP contribution is 2.31. The highest BCUT2D eigenvalue weighted by molar-refractivity contribution is 5.70. The normalized spacial score (nSPS) is 17.6. The molecule has 0 N–H and O–H groups in total. The number of rotatable bonds is 6. The van der Waals surface area contributed by atoms with E-state index >= 15 is 0 Å². The molecule has 0 spiro atoms. The van der Waals surface area contributed by atoms with E-state index in [-0.39, 0.29) is 12.7 Å². The van der Waals surface area contributed by atoms with Crippen LogP contribution in [-0.4, -0.2) is 40.0 Å². The number of carbonyl (C=O) groups is 1. The van der Waals surface area contributed by atoms with Gasteiger partial charge in [0.25, 0.3) is 0 Å². The number of ether oxygens (including phenoxy) is 2. The molecule has 6 nitrogen and oxygen atoms in total. The summed E-state index contributed by atoms with van der Waals surface area (Å²) >= 11 is 0. The number of benzene rings is 1. The van der Waals surface area contributed by atoms with E-state index in [1.54, 1.807) is 9.58 Å². The molecule has 31 heavy (non-hydrogen) atoms. The molecular weight excluding hydrogens is 390 g/mol. The molecule has 2 aliphatic carbocycles. The fraction of sp³-hybridized carbons (Fsp3) is 0.600. The first-order valence-electron chi connectivity index (χ1n) is 11.7. The lowest BCUT2D eigenvalue weighted by atomic mass is 9.97. The Balaban J connectivity index is 1.44. The minimum atomic E-state index is -0.258. The Morgan fingerprint density at radius 2 is 1.84 bits per heavy atom. The van der Waals surface area contributed by atoms with Crippen molar-refractivity contribution in [2.45, 2.75) is 83.5 Å². The van der Waals surface area contributed by atoms with Gasteiger partial charge in [0.1, 0.15) is 12.4 Å². The van der Waals surface area contributed by atoms with Crippen molar-refractivity contribution < 1.29 is 14.3 Å². The largest absolute Gasteiger partial charge is 0.490 e. The Hall–Kier alpha value is -2.50. The van der Waals surface area contributed by atoms with Crippen molar-refractivity contribution in [1.82, 2.24) is 14.7 Å². The summed E-state index contributed by atoms with van der Waals surface area (Å²) in [6.45, 7) is 2.30. The van der Waals surface area contributed by atoms with E-state index < -0.39 is 0 Å². The maximum absolute atomic E-state index is 12.5. The molecule has 0 radical (unpaired) electrons. The standard InChI is InChI=1S/C25H35N3O3/c1-18-15-19(13-14-24(18)31-21-11-5-4-6-12-21)22-16-26-28(3)23(22)17-30-25(29)27(2)20-9-7-8-10-20/h13-16,20-21H,4-12,17H2,1-3H3. The van der Waals surface area contributed by atoms with Gasteiger partial charge in [-0.2, -0.15) is 5.10 Å². The third-order valence-electron chi connectivity index (χ3n) is 6.89. The van der Waals surface area contributed by atoms with Crippen LogP contribution in [0.2, 0.25) is 0 Å². The summed E-state index contributed by atoms with van der Waals surface area (Å²) in [4.78, 5) is 14.3. The molecule has 2 fully saturated rings. The first-order valence-corrected chi connectivity index (χ1v) is 11.7. The summed E-state index contributed by atoms with van der Waals surface area (Å²) < 4.78 is 13.7. The molecule has 2 aliphatic rings. The van der Waals surface area contributed by atoms with E-state index in [0.29, 0.717) is 12.1 Å². The highest BCUT2D eigenvalue weighted by atomic mass is 16.6. The molecule has 0 atom stereocenters. The first-order chi connectivity index (χ1) is 15.0. The summed E-state index contributed by atoms with van der Waals surface area (Å²) in [7, 11) is 3.73. The fourth-order valence-electron chi connectivity index (χ4n) is 4.86. The van der Waals surface area contributed by atoms with Gasteiger partial charge in [0.2, 0.25) is 0 Å². The van der Waals surface area contributed by atoms with Gasteiger partial charge in [-0.25, -0.2) is 4.79 Å². The van der Waals surface area contributed by atoms with E-state index in [4.69, 9.17) is 9.47 Å². The number of hydrogen-bond acceptors (Lipinski definition) is 4. The number of hydrogen-bond donors (Lipinski definition) is 0. The van der Waals surface area contributed by atoms with Crippen LogP contribution in [0.5, 0.6) is 5.75 Å². The number of nitrogens with zero attached hydrogens (tertiary/aromatic N) is 3. The molecule has 0 saturated heterocycles. The third kappa shape index (κ3) is 5.05. The van der Waals surface area contributed by atoms with Gasteiger partial charge in [-0.15, -0.1) is 0 Å². The Morgan fingerprint density at radius 3 is 2.55 bits per heavy atom. The fourth-order valence-corrected chi connectivity index (χ4v) is 4.86. The van der Waals surface area contributed by atoms with Crippen LogP contribution < -0.4 is 4.74 Å². The Kier molecular flexibility index (Phi) is 6.83. The zero-order chi connectivity index (χ0) is 21.8. The summed E-state index contributed by atoms with van der Waals surface area (Å²) in [6, 6.07) is 6.59. The van der Waals surface area contributed by atoms with Crippen molar-refractivity contribution in [2.24, 2.45) is 7.05 Å². The molecule has 6 heteroatoms. The van der Waals surface area contributed by atoms with E-state index in [1.165, 1.54) is 32.1 Å². The van der Waals surface area contributed by atoms with Crippen LogP contribution in [0.1, 0.15) is 69.0 Å². The summed E-state index contributed by atoms with van der Waals surface area (Å²) in [6.07, 6.45) is 12.6. The molecule has 4 rings (SSSR count). The quantitative estimate of drug-likeness (QED) is 0.603. The Morgan fingerprint density at radius 1 is 1.13 bits per heavy atom. The second kappa shape index (κ2) is 9.75. The second-order valence-corrected chi connectivity index (χ2v) is 9.09. The molecular formula is C25H35N3O3. The van der Waals surface area contributed by atoms with Crippen molar-refractivity contribution in [3.05, 3.63) is 35.7 Å². The van der Waals surface area contributed by atoms with E-state index in [0.717, 1.165) is 53.8 Å². The predicted octanol–water partition coefficient (Wildman–Crippen LogP) is 5.62. The Bertz CT molecular complexity index is 895. The van der Waals surface area contributed by atoms with Gasteiger partial charge in [0.15, 0.2) is 0 Å². The third-order valence-corrected chi connectivity index (χ3v) is 6.89. The van der Waals surface area contributed by atoms with Gasteiger partial charge in [-0.3, -0.25) is 4.68 Å². The van der Waals surface area contributed by atoms with Crippen LogP contribution in [0.4, 0.5) is 4.79 Å². The lowest BCUT2D eigenvalue weighted by molar-refractivity contribution is 0.0899. The van der Waals surface area contributed by atoms with Crippen molar-refractivity contribution in [2.75, 3.05) is 7.05 Å². The maximum Gasteiger partial charge on any atom is 0.410 e. The van der Waals surface area contributed by atoms with Crippen LogP contribution in [-0.2, 0) is 18.4 Å². The lowest BCUT2D eigenvalue weighted by Crippen LogP contribution is -2.35. The van der Waals surface area contributed by atoms with Gasteiger partial charge < -0.3 is 14.4 Å². The van der Waals surface area contributed by atoms with Crippen molar-refractivity contribution in [3.8, 4) is 16.9 Å². The van der Waals surface area contributed by atoms with Gasteiger partial charge in [0.05, 0.1) is 18.0 Å². The molecule has 0 unspecified atom stereocenters. The maximum atomic E-state index is 12.5. The molecule has 0 aliphatic heterocycles. The topological polar surface area (TPSA) is 56.6 Å². The first kappa shape index (κ1) is 21.7. The molecule has 168 valence electrons. The van der Waals surface area contributed by atoms with Gasteiger partial charge in [-0.05, 0) is 68.7 Å². The van der Waals surface area contributed by atoms with Crippen LogP contribution in [0.25, 0.3) is 11.1 Å². The molecule has 0 bridgehead atoms. The minimum absolute atomic E-state index is 0.209. The summed E-state index contributed by atoms with van der Waals surface area (Å²) in [5.74, 6) is 0.964. The SMILES string of the molecule is Cc1cc(-c2cnn(C)c2COC(=O)N(C)C2CCCC2)ccc1OC1CCCCC1. The lowest BCUT2D eigenvalue weighted by Gasteiger charge is -2.24. The molecule has 2 aromatic rings. The van der Waals surface area contributed by atoms with Crippen LogP contribution >= 0.6 is 0 Å². The van der Waals surface area contributed by atoms with Crippen LogP contribution in [0.15, 0.2) is 24.4 Å². The van der Waals surface area contributed by atoms with Crippen LogP contribution in [0, 0.1) is 6.92 Å². The van der Waals surface area contributed by atoms with E-state index in [1.807, 2.05) is 20.3 Å².